The third-order valence-electron chi connectivity index (χ3n) is 4.40. The minimum Gasteiger partial charge on any atom is -0.357 e. The molecule has 0 aromatic carbocycles. The average Bonchev–Trinajstić information content (AvgIpc) is 3.33. The van der Waals surface area contributed by atoms with Gasteiger partial charge in [0.15, 0.2) is 0 Å². The van der Waals surface area contributed by atoms with Crippen molar-refractivity contribution in [1.82, 2.24) is 24.2 Å². The van der Waals surface area contributed by atoms with Crippen molar-refractivity contribution in [1.29, 1.82) is 0 Å². The Morgan fingerprint density at radius 1 is 1.19 bits per heavy atom. The zero-order valence-corrected chi connectivity index (χ0v) is 16.4. The maximum atomic E-state index is 12.9. The Morgan fingerprint density at radius 3 is 2.81 bits per heavy atom. The van der Waals surface area contributed by atoms with Crippen molar-refractivity contribution in [2.45, 2.75) is 20.3 Å². The van der Waals surface area contributed by atoms with Crippen LogP contribution < -0.4 is 4.90 Å². The largest absolute Gasteiger partial charge is 0.357 e. The van der Waals surface area contributed by atoms with Gasteiger partial charge < -0.3 is 14.8 Å². The van der Waals surface area contributed by atoms with Crippen LogP contribution in [-0.2, 0) is 0 Å². The van der Waals surface area contributed by atoms with Crippen LogP contribution >= 0.6 is 22.9 Å². The van der Waals surface area contributed by atoms with Crippen LogP contribution in [0.4, 0.5) is 5.13 Å². The number of hydrogen-bond acceptors (Lipinski definition) is 7. The molecule has 3 aromatic rings. The van der Waals surface area contributed by atoms with Crippen molar-refractivity contribution in [2.75, 3.05) is 31.1 Å². The summed E-state index contributed by atoms with van der Waals surface area (Å²) in [4.78, 5) is 29.1. The Bertz CT molecular complexity index is 914. The van der Waals surface area contributed by atoms with Crippen LogP contribution in [0.5, 0.6) is 0 Å². The summed E-state index contributed by atoms with van der Waals surface area (Å²) in [5.41, 5.74) is 2.49. The standard InChI is InChI=1S/C17H20N6OS2/c1-11-19-17(26-21-11)23-5-3-4-22(6-7-23)16(24)14-8-13(9-18-14)15-10-25-12(2)20-15/h8-10,18H,3-7H2,1-2H3. The quantitative estimate of drug-likeness (QED) is 0.746. The van der Waals surface area contributed by atoms with Crippen LogP contribution in [0.25, 0.3) is 11.3 Å². The van der Waals surface area contributed by atoms with E-state index in [1.165, 1.54) is 11.5 Å². The highest BCUT2D eigenvalue weighted by Crippen LogP contribution is 2.23. The minimum absolute atomic E-state index is 0.0403. The van der Waals surface area contributed by atoms with Gasteiger partial charge in [-0.3, -0.25) is 4.79 Å². The van der Waals surface area contributed by atoms with Crippen molar-refractivity contribution in [2.24, 2.45) is 0 Å². The van der Waals surface area contributed by atoms with Gasteiger partial charge in [0.05, 0.1) is 10.7 Å². The zero-order valence-electron chi connectivity index (χ0n) is 14.7. The highest BCUT2D eigenvalue weighted by Gasteiger charge is 2.23. The highest BCUT2D eigenvalue weighted by atomic mass is 32.1. The van der Waals surface area contributed by atoms with Gasteiger partial charge >= 0.3 is 0 Å². The van der Waals surface area contributed by atoms with Gasteiger partial charge in [0.1, 0.15) is 11.5 Å². The predicted molar refractivity (Wildman–Crippen MR) is 104 cm³/mol. The molecule has 9 heteroatoms. The second-order valence-electron chi connectivity index (χ2n) is 6.31. The Hall–Kier alpha value is -2.26. The van der Waals surface area contributed by atoms with Crippen LogP contribution in [-0.4, -0.2) is 56.3 Å². The first-order valence-electron chi connectivity index (χ1n) is 8.55. The van der Waals surface area contributed by atoms with E-state index < -0.39 is 0 Å². The van der Waals surface area contributed by atoms with Gasteiger partial charge in [-0.15, -0.1) is 11.3 Å². The monoisotopic (exact) mass is 388 g/mol. The summed E-state index contributed by atoms with van der Waals surface area (Å²) in [7, 11) is 0. The number of rotatable bonds is 3. The molecule has 0 bridgehead atoms. The van der Waals surface area contributed by atoms with Crippen LogP contribution in [0.1, 0.15) is 27.7 Å². The highest BCUT2D eigenvalue weighted by molar-refractivity contribution is 7.10. The second-order valence-corrected chi connectivity index (χ2v) is 8.10. The van der Waals surface area contributed by atoms with Crippen molar-refractivity contribution in [3.63, 3.8) is 0 Å². The molecule has 4 rings (SSSR count). The van der Waals surface area contributed by atoms with Gasteiger partial charge in [0, 0.05) is 54.9 Å². The molecule has 7 nitrogen and oxygen atoms in total. The summed E-state index contributed by atoms with van der Waals surface area (Å²) < 4.78 is 4.26. The Morgan fingerprint density at radius 2 is 2.08 bits per heavy atom. The number of nitrogens with one attached hydrogen (secondary N) is 1. The average molecular weight is 389 g/mol. The number of carbonyl (C=O) groups is 1. The molecule has 0 saturated carbocycles. The Balaban J connectivity index is 1.44. The zero-order chi connectivity index (χ0) is 18.1. The molecular formula is C17H20N6OS2. The normalized spacial score (nSPS) is 15.3. The number of aryl methyl sites for hydroxylation is 2. The van der Waals surface area contributed by atoms with Crippen molar-refractivity contribution in [3.05, 3.63) is 34.2 Å². The first kappa shape index (κ1) is 17.2. The molecule has 0 radical (unpaired) electrons. The molecular weight excluding hydrogens is 368 g/mol. The van der Waals surface area contributed by atoms with E-state index in [1.54, 1.807) is 11.3 Å². The number of hydrogen-bond donors (Lipinski definition) is 1. The number of anilines is 1. The fraction of sp³-hybridized carbons (Fsp3) is 0.412. The second kappa shape index (κ2) is 7.16. The van der Waals surface area contributed by atoms with E-state index >= 15 is 0 Å². The molecule has 26 heavy (non-hydrogen) atoms. The lowest BCUT2D eigenvalue weighted by molar-refractivity contribution is 0.0762. The molecule has 1 aliphatic heterocycles. The van der Waals surface area contributed by atoms with Crippen molar-refractivity contribution in [3.8, 4) is 11.3 Å². The fourth-order valence-electron chi connectivity index (χ4n) is 3.06. The summed E-state index contributed by atoms with van der Waals surface area (Å²) in [6.45, 7) is 6.99. The van der Waals surface area contributed by atoms with Crippen LogP contribution in [0.2, 0.25) is 0 Å². The molecule has 1 fully saturated rings. The van der Waals surface area contributed by atoms with E-state index in [-0.39, 0.29) is 5.91 Å². The van der Waals surface area contributed by atoms with Crippen LogP contribution in [0.3, 0.4) is 0 Å². The molecule has 4 heterocycles. The topological polar surface area (TPSA) is 78.0 Å². The van der Waals surface area contributed by atoms with E-state index in [1.807, 2.05) is 36.4 Å². The van der Waals surface area contributed by atoms with E-state index in [0.717, 1.165) is 53.3 Å². The van der Waals surface area contributed by atoms with E-state index in [9.17, 15) is 4.79 Å². The number of nitrogens with zero attached hydrogens (tertiary/aromatic N) is 5. The maximum absolute atomic E-state index is 12.9. The molecule has 136 valence electrons. The molecule has 1 aliphatic rings. The lowest BCUT2D eigenvalue weighted by Crippen LogP contribution is -2.35. The first-order chi connectivity index (χ1) is 12.6. The number of aromatic amines is 1. The summed E-state index contributed by atoms with van der Waals surface area (Å²) >= 11 is 3.04. The first-order valence-corrected chi connectivity index (χ1v) is 10.2. The number of aromatic nitrogens is 4. The molecule has 0 spiro atoms. The van der Waals surface area contributed by atoms with Crippen LogP contribution in [0, 0.1) is 13.8 Å². The summed E-state index contributed by atoms with van der Waals surface area (Å²) in [5.74, 6) is 0.844. The van der Waals surface area contributed by atoms with E-state index in [4.69, 9.17) is 0 Å². The molecule has 3 aromatic heterocycles. The third-order valence-corrected chi connectivity index (χ3v) is 6.04. The van der Waals surface area contributed by atoms with Gasteiger partial charge in [0.2, 0.25) is 5.13 Å². The van der Waals surface area contributed by atoms with Crippen molar-refractivity contribution >= 4 is 33.9 Å². The van der Waals surface area contributed by atoms with Gasteiger partial charge in [0.25, 0.3) is 5.91 Å². The number of H-pyrrole nitrogens is 1. The molecule has 1 amide bonds. The maximum Gasteiger partial charge on any atom is 0.270 e. The summed E-state index contributed by atoms with van der Waals surface area (Å²) in [6.07, 6.45) is 2.78. The Labute approximate surface area is 159 Å². The smallest absolute Gasteiger partial charge is 0.270 e. The van der Waals surface area contributed by atoms with Crippen molar-refractivity contribution < 1.29 is 4.79 Å². The number of amides is 1. The van der Waals surface area contributed by atoms with Crippen LogP contribution in [0.15, 0.2) is 17.6 Å². The van der Waals surface area contributed by atoms with Gasteiger partial charge in [-0.05, 0) is 26.3 Å². The minimum atomic E-state index is 0.0403. The summed E-state index contributed by atoms with van der Waals surface area (Å²) in [5, 5.41) is 3.98. The SMILES string of the molecule is Cc1nsc(N2CCCN(C(=O)c3cc(-c4csc(C)n4)c[nH]3)CC2)n1. The summed E-state index contributed by atoms with van der Waals surface area (Å²) in [6, 6.07) is 1.90. The molecule has 1 N–H and O–H groups in total. The molecule has 0 aliphatic carbocycles. The van der Waals surface area contributed by atoms with E-state index in [0.29, 0.717) is 12.2 Å². The van der Waals surface area contributed by atoms with E-state index in [2.05, 4.69) is 24.2 Å². The Kier molecular flexibility index (Phi) is 4.73. The van der Waals surface area contributed by atoms with Gasteiger partial charge in [-0.2, -0.15) is 4.37 Å². The molecule has 0 unspecified atom stereocenters. The lowest BCUT2D eigenvalue weighted by atomic mass is 10.2. The number of carbonyl (C=O) groups excluding carboxylic acids is 1. The lowest BCUT2D eigenvalue weighted by Gasteiger charge is -2.21. The van der Waals surface area contributed by atoms with Gasteiger partial charge in [-0.1, -0.05) is 0 Å². The van der Waals surface area contributed by atoms with Gasteiger partial charge in [-0.25, -0.2) is 9.97 Å². The molecule has 1 saturated heterocycles. The third kappa shape index (κ3) is 3.49. The molecule has 0 atom stereocenters. The predicted octanol–water partition coefficient (Wildman–Crippen LogP) is 2.96. The fourth-order valence-corrected chi connectivity index (χ4v) is 4.41. The number of thiazole rings is 1.